The van der Waals surface area contributed by atoms with Crippen molar-refractivity contribution >= 4 is 12.0 Å². The van der Waals surface area contributed by atoms with Crippen LogP contribution in [0.5, 0.6) is 5.75 Å². The minimum absolute atomic E-state index is 0.138. The number of esters is 1. The number of aliphatic hydroxyl groups is 1. The van der Waals surface area contributed by atoms with Gasteiger partial charge in [-0.25, -0.2) is 4.79 Å². The fourth-order valence-corrected chi connectivity index (χ4v) is 2.90. The number of carbonyl (C=O) groups is 1. The maximum atomic E-state index is 12.3. The van der Waals surface area contributed by atoms with E-state index in [2.05, 4.69) is 0 Å². The van der Waals surface area contributed by atoms with Gasteiger partial charge in [-0.1, -0.05) is 42.5 Å². The first-order valence-electron chi connectivity index (χ1n) is 8.45. The van der Waals surface area contributed by atoms with Crippen molar-refractivity contribution in [1.29, 1.82) is 0 Å². The van der Waals surface area contributed by atoms with E-state index in [1.54, 1.807) is 13.2 Å². The van der Waals surface area contributed by atoms with Crippen molar-refractivity contribution in [2.75, 3.05) is 20.3 Å². The zero-order chi connectivity index (χ0) is 18.4. The second-order valence-corrected chi connectivity index (χ2v) is 6.33. The Hall–Kier alpha value is -2.63. The van der Waals surface area contributed by atoms with Crippen LogP contribution >= 0.6 is 0 Å². The summed E-state index contributed by atoms with van der Waals surface area (Å²) in [4.78, 5) is 12.3. The van der Waals surface area contributed by atoms with Crippen LogP contribution in [0.25, 0.3) is 6.08 Å². The van der Waals surface area contributed by atoms with Crippen molar-refractivity contribution < 1.29 is 24.1 Å². The van der Waals surface area contributed by atoms with E-state index in [1.807, 2.05) is 54.6 Å². The SMILES string of the molecule is COc1cccc(/C=C2\CC(CO)(COCc3ccccc3)OC2=O)c1. The molecule has 0 spiro atoms. The fraction of sp³-hybridized carbons (Fsp3) is 0.286. The van der Waals surface area contributed by atoms with E-state index in [0.29, 0.717) is 24.4 Å². The average Bonchev–Trinajstić information content (AvgIpc) is 2.99. The topological polar surface area (TPSA) is 65.0 Å². The molecule has 26 heavy (non-hydrogen) atoms. The van der Waals surface area contributed by atoms with Gasteiger partial charge in [0.1, 0.15) is 5.75 Å². The van der Waals surface area contributed by atoms with Crippen LogP contribution in [-0.2, 0) is 20.9 Å². The molecule has 5 heteroatoms. The van der Waals surface area contributed by atoms with Crippen LogP contribution in [0.4, 0.5) is 0 Å². The molecule has 1 atom stereocenters. The first-order chi connectivity index (χ1) is 12.6. The maximum absolute atomic E-state index is 12.3. The monoisotopic (exact) mass is 354 g/mol. The van der Waals surface area contributed by atoms with Crippen LogP contribution in [0, 0.1) is 0 Å². The molecule has 1 heterocycles. The van der Waals surface area contributed by atoms with Gasteiger partial charge in [0, 0.05) is 12.0 Å². The molecule has 2 aromatic carbocycles. The quantitative estimate of drug-likeness (QED) is 0.612. The Morgan fingerprint density at radius 3 is 2.73 bits per heavy atom. The lowest BCUT2D eigenvalue weighted by Gasteiger charge is -2.24. The largest absolute Gasteiger partial charge is 0.497 e. The van der Waals surface area contributed by atoms with E-state index >= 15 is 0 Å². The lowest BCUT2D eigenvalue weighted by atomic mass is 9.98. The van der Waals surface area contributed by atoms with Gasteiger partial charge in [0.15, 0.2) is 5.60 Å². The van der Waals surface area contributed by atoms with Crippen molar-refractivity contribution in [3.8, 4) is 5.75 Å². The normalized spacial score (nSPS) is 21.0. The van der Waals surface area contributed by atoms with Crippen molar-refractivity contribution in [1.82, 2.24) is 0 Å². The van der Waals surface area contributed by atoms with Crippen molar-refractivity contribution in [2.45, 2.75) is 18.6 Å². The highest BCUT2D eigenvalue weighted by Crippen LogP contribution is 2.33. The number of hydrogen-bond acceptors (Lipinski definition) is 5. The van der Waals surface area contributed by atoms with Crippen LogP contribution in [0.15, 0.2) is 60.2 Å². The number of ether oxygens (including phenoxy) is 3. The van der Waals surface area contributed by atoms with Gasteiger partial charge in [0.2, 0.25) is 0 Å². The molecule has 3 rings (SSSR count). The Bertz CT molecular complexity index is 784. The second kappa shape index (κ2) is 8.17. The molecule has 0 aliphatic carbocycles. The Kier molecular flexibility index (Phi) is 5.71. The minimum Gasteiger partial charge on any atom is -0.497 e. The Balaban J connectivity index is 1.67. The number of rotatable bonds is 7. The van der Waals surface area contributed by atoms with Gasteiger partial charge in [-0.15, -0.1) is 0 Å². The molecular formula is C21H22O5. The zero-order valence-electron chi connectivity index (χ0n) is 14.7. The lowest BCUT2D eigenvalue weighted by molar-refractivity contribution is -0.157. The van der Waals surface area contributed by atoms with E-state index in [1.165, 1.54) is 0 Å². The molecule has 5 nitrogen and oxygen atoms in total. The van der Waals surface area contributed by atoms with Crippen molar-refractivity contribution in [2.24, 2.45) is 0 Å². The van der Waals surface area contributed by atoms with Gasteiger partial charge in [0.25, 0.3) is 0 Å². The van der Waals surface area contributed by atoms with Crippen LogP contribution < -0.4 is 4.74 Å². The number of carbonyl (C=O) groups excluding carboxylic acids is 1. The van der Waals surface area contributed by atoms with E-state index in [0.717, 1.165) is 11.1 Å². The first kappa shape index (κ1) is 18.2. The fourth-order valence-electron chi connectivity index (χ4n) is 2.90. The van der Waals surface area contributed by atoms with E-state index in [4.69, 9.17) is 14.2 Å². The third kappa shape index (κ3) is 4.31. The van der Waals surface area contributed by atoms with Gasteiger partial charge in [-0.2, -0.15) is 0 Å². The molecule has 0 saturated carbocycles. The third-order valence-electron chi connectivity index (χ3n) is 4.28. The molecule has 1 saturated heterocycles. The Morgan fingerprint density at radius 2 is 2.00 bits per heavy atom. The standard InChI is InChI=1S/C21H22O5/c1-24-19-9-5-8-17(11-19)10-18-12-21(14-22,26-20(18)23)15-25-13-16-6-3-2-4-7-16/h2-11,22H,12-15H2,1H3/b18-10+. The third-order valence-corrected chi connectivity index (χ3v) is 4.28. The smallest absolute Gasteiger partial charge is 0.334 e. The molecule has 1 N–H and O–H groups in total. The summed E-state index contributed by atoms with van der Waals surface area (Å²) >= 11 is 0. The molecule has 1 fully saturated rings. The van der Waals surface area contributed by atoms with Crippen LogP contribution in [0.2, 0.25) is 0 Å². The number of methoxy groups -OCH3 is 1. The number of cyclic esters (lactones) is 1. The van der Waals surface area contributed by atoms with Gasteiger partial charge in [-0.05, 0) is 29.3 Å². The highest BCUT2D eigenvalue weighted by atomic mass is 16.6. The molecule has 136 valence electrons. The second-order valence-electron chi connectivity index (χ2n) is 6.33. The average molecular weight is 354 g/mol. The lowest BCUT2D eigenvalue weighted by Crippen LogP contribution is -2.38. The summed E-state index contributed by atoms with van der Waals surface area (Å²) in [6, 6.07) is 17.1. The summed E-state index contributed by atoms with van der Waals surface area (Å²) in [5.74, 6) is 0.288. The maximum Gasteiger partial charge on any atom is 0.334 e. The highest BCUT2D eigenvalue weighted by Gasteiger charge is 2.43. The van der Waals surface area contributed by atoms with E-state index in [9.17, 15) is 9.90 Å². The van der Waals surface area contributed by atoms with E-state index < -0.39 is 11.6 Å². The van der Waals surface area contributed by atoms with Gasteiger partial charge >= 0.3 is 5.97 Å². The van der Waals surface area contributed by atoms with Gasteiger partial charge < -0.3 is 19.3 Å². The summed E-state index contributed by atoms with van der Waals surface area (Å²) in [7, 11) is 1.59. The Labute approximate surface area is 152 Å². The van der Waals surface area contributed by atoms with Crippen molar-refractivity contribution in [3.63, 3.8) is 0 Å². The van der Waals surface area contributed by atoms with Crippen molar-refractivity contribution in [3.05, 3.63) is 71.3 Å². The molecule has 0 radical (unpaired) electrons. The molecule has 1 unspecified atom stereocenters. The number of hydrogen-bond donors (Lipinski definition) is 1. The molecule has 2 aromatic rings. The predicted octanol–water partition coefficient (Wildman–Crippen LogP) is 2.97. The van der Waals surface area contributed by atoms with Gasteiger partial charge in [0.05, 0.1) is 26.9 Å². The van der Waals surface area contributed by atoms with Gasteiger partial charge in [-0.3, -0.25) is 0 Å². The molecule has 1 aliphatic heterocycles. The number of aliphatic hydroxyl groups excluding tert-OH is 1. The summed E-state index contributed by atoms with van der Waals surface area (Å²) in [6.07, 6.45) is 2.06. The summed E-state index contributed by atoms with van der Waals surface area (Å²) < 4.78 is 16.4. The van der Waals surface area contributed by atoms with Crippen LogP contribution in [0.1, 0.15) is 17.5 Å². The van der Waals surface area contributed by atoms with Crippen LogP contribution in [-0.4, -0.2) is 37.0 Å². The first-order valence-corrected chi connectivity index (χ1v) is 8.45. The molecular weight excluding hydrogens is 332 g/mol. The summed E-state index contributed by atoms with van der Waals surface area (Å²) in [5, 5.41) is 9.79. The zero-order valence-corrected chi connectivity index (χ0v) is 14.7. The Morgan fingerprint density at radius 1 is 1.19 bits per heavy atom. The molecule has 1 aliphatic rings. The van der Waals surface area contributed by atoms with Crippen LogP contribution in [0.3, 0.4) is 0 Å². The summed E-state index contributed by atoms with van der Waals surface area (Å²) in [5.41, 5.74) is 1.35. The number of benzene rings is 2. The van der Waals surface area contributed by atoms with E-state index in [-0.39, 0.29) is 13.2 Å². The highest BCUT2D eigenvalue weighted by molar-refractivity contribution is 5.96. The molecule has 0 aromatic heterocycles. The predicted molar refractivity (Wildman–Crippen MR) is 97.6 cm³/mol. The summed E-state index contributed by atoms with van der Waals surface area (Å²) in [6.45, 7) is 0.248. The molecule has 0 bridgehead atoms. The minimum atomic E-state index is -1.03. The molecule has 0 amide bonds.